The van der Waals surface area contributed by atoms with Gasteiger partial charge in [-0.15, -0.1) is 4.84 Å². The van der Waals surface area contributed by atoms with Gasteiger partial charge in [-0.25, -0.2) is 0 Å². The first-order valence-corrected chi connectivity index (χ1v) is 6.83. The van der Waals surface area contributed by atoms with Gasteiger partial charge in [-0.05, 0) is 11.6 Å². The molecule has 8 nitrogen and oxygen atoms in total. The van der Waals surface area contributed by atoms with Gasteiger partial charge in [0, 0.05) is 6.08 Å². The van der Waals surface area contributed by atoms with Crippen LogP contribution in [0.15, 0.2) is 36.4 Å². The third-order valence-electron chi connectivity index (χ3n) is 2.97. The Morgan fingerprint density at radius 2 is 2.09 bits per heavy atom. The molecule has 0 amide bonds. The molecule has 1 unspecified atom stereocenters. The second kappa shape index (κ2) is 9.90. The largest absolute Gasteiger partial charge is 1.00 e. The summed E-state index contributed by atoms with van der Waals surface area (Å²) >= 11 is 0. The van der Waals surface area contributed by atoms with E-state index in [2.05, 4.69) is 5.59 Å². The van der Waals surface area contributed by atoms with Crippen LogP contribution in [-0.4, -0.2) is 53.0 Å². The molecular weight excluding hydrogens is 326 g/mol. The van der Waals surface area contributed by atoms with Crippen molar-refractivity contribution in [3.8, 4) is 0 Å². The van der Waals surface area contributed by atoms with E-state index in [4.69, 9.17) is 14.7 Å². The molecule has 0 fully saturated rings. The van der Waals surface area contributed by atoms with Crippen molar-refractivity contribution in [2.45, 2.75) is 6.23 Å². The van der Waals surface area contributed by atoms with E-state index in [-0.39, 0.29) is 25.6 Å². The number of ether oxygens (including phenoxy) is 1. The van der Waals surface area contributed by atoms with Crippen LogP contribution in [0.1, 0.15) is 5.56 Å². The Balaban J connectivity index is 0.00000264. The Morgan fingerprint density at radius 3 is 2.74 bits per heavy atom. The van der Waals surface area contributed by atoms with Crippen molar-refractivity contribution in [2.24, 2.45) is 0 Å². The topological polar surface area (TPSA) is 96.9 Å². The van der Waals surface area contributed by atoms with Crippen LogP contribution in [0.25, 0.3) is 6.08 Å². The van der Waals surface area contributed by atoms with E-state index in [0.717, 1.165) is 5.56 Å². The Labute approximate surface area is 139 Å². The number of hydrazine groups is 1. The summed E-state index contributed by atoms with van der Waals surface area (Å²) in [6.07, 6.45) is 2.16. The second-order valence-corrected chi connectivity index (χ2v) is 4.50. The summed E-state index contributed by atoms with van der Waals surface area (Å²) in [6.45, 7) is 0.831. The highest BCUT2D eigenvalue weighted by Gasteiger charge is 2.42. The normalized spacial score (nSPS) is 17.2. The molecular formula is C14H18ClN3O5. The van der Waals surface area contributed by atoms with E-state index in [9.17, 15) is 10.1 Å². The number of rotatable bonds is 8. The number of halogens is 1. The third-order valence-corrected chi connectivity index (χ3v) is 2.97. The zero-order chi connectivity index (χ0) is 15.8. The van der Waals surface area contributed by atoms with Crippen LogP contribution in [-0.2, 0) is 9.57 Å². The van der Waals surface area contributed by atoms with Gasteiger partial charge < -0.3 is 22.3 Å². The molecule has 1 heterocycles. The summed E-state index contributed by atoms with van der Waals surface area (Å²) in [4.78, 5) is 15.5. The number of hydrogen-bond acceptors (Lipinski definition) is 6. The van der Waals surface area contributed by atoms with Crippen LogP contribution in [0.2, 0.25) is 0 Å². The maximum atomic E-state index is 11.0. The van der Waals surface area contributed by atoms with Gasteiger partial charge in [0.05, 0.1) is 18.1 Å². The van der Waals surface area contributed by atoms with E-state index in [1.165, 1.54) is 4.68 Å². The van der Waals surface area contributed by atoms with Gasteiger partial charge in [0.25, 0.3) is 0 Å². The van der Waals surface area contributed by atoms with Crippen molar-refractivity contribution in [3.63, 3.8) is 0 Å². The molecule has 0 saturated heterocycles. The molecule has 126 valence electrons. The molecule has 1 aromatic rings. The standard InChI is InChI=1S/C14H18N3O5.ClH/c18-9-11-21-10-8-16-13(14(17(19)20)22-15-16)7-6-12-4-2-1-3-5-12;/h1-7,14-15,18H,8-11H2;1H/q+1;/p-1/b7-6+;. The maximum absolute atomic E-state index is 11.0. The van der Waals surface area contributed by atoms with Crippen LogP contribution < -0.4 is 18.0 Å². The minimum absolute atomic E-state index is 0. The van der Waals surface area contributed by atoms with E-state index in [1.807, 2.05) is 30.3 Å². The van der Waals surface area contributed by atoms with Crippen LogP contribution in [0.5, 0.6) is 0 Å². The van der Waals surface area contributed by atoms with Crippen molar-refractivity contribution < 1.29 is 36.7 Å². The van der Waals surface area contributed by atoms with Gasteiger partial charge in [0.2, 0.25) is 0 Å². The summed E-state index contributed by atoms with van der Waals surface area (Å²) in [7, 11) is 0. The van der Waals surface area contributed by atoms with Gasteiger partial charge in [0.1, 0.15) is 6.61 Å². The predicted octanol–water partition coefficient (Wildman–Crippen LogP) is -2.78. The van der Waals surface area contributed by atoms with Crippen LogP contribution in [0, 0.1) is 10.1 Å². The quantitative estimate of drug-likeness (QED) is 0.229. The van der Waals surface area contributed by atoms with Crippen LogP contribution >= 0.6 is 0 Å². The van der Waals surface area contributed by atoms with E-state index >= 15 is 0 Å². The monoisotopic (exact) mass is 343 g/mol. The average Bonchev–Trinajstić information content (AvgIpc) is 2.94. The first-order chi connectivity index (χ1) is 10.7. The number of aliphatic hydroxyl groups excluding tert-OH is 1. The number of nitro groups is 1. The maximum Gasteiger partial charge on any atom is 0.425 e. The fourth-order valence-corrected chi connectivity index (χ4v) is 1.93. The van der Waals surface area contributed by atoms with Crippen molar-refractivity contribution in [1.82, 2.24) is 5.59 Å². The molecule has 9 heteroatoms. The van der Waals surface area contributed by atoms with Gasteiger partial charge >= 0.3 is 11.9 Å². The molecule has 1 aliphatic rings. The molecule has 23 heavy (non-hydrogen) atoms. The van der Waals surface area contributed by atoms with Crippen molar-refractivity contribution in [3.05, 3.63) is 52.1 Å². The Hall–Kier alpha value is -2.00. The number of hydrogen-bond donors (Lipinski definition) is 2. The molecule has 0 radical (unpaired) electrons. The Bertz CT molecular complexity index is 565. The number of benzene rings is 1. The molecule has 0 saturated carbocycles. The number of nitrogens with zero attached hydrogens (tertiary/aromatic N) is 2. The van der Waals surface area contributed by atoms with Gasteiger partial charge in [-0.2, -0.15) is 0 Å². The van der Waals surface area contributed by atoms with Crippen molar-refractivity contribution in [1.29, 1.82) is 0 Å². The minimum Gasteiger partial charge on any atom is -1.00 e. The molecule has 1 aromatic carbocycles. The predicted molar refractivity (Wildman–Crippen MR) is 78.5 cm³/mol. The molecule has 0 spiro atoms. The van der Waals surface area contributed by atoms with E-state index in [0.29, 0.717) is 18.9 Å². The molecule has 2 rings (SSSR count). The van der Waals surface area contributed by atoms with Crippen molar-refractivity contribution >= 4 is 11.8 Å². The molecule has 0 bridgehead atoms. The summed E-state index contributed by atoms with van der Waals surface area (Å²) in [5.41, 5.74) is 3.83. The molecule has 1 aliphatic heterocycles. The van der Waals surface area contributed by atoms with Crippen LogP contribution in [0.3, 0.4) is 0 Å². The number of hydrazone groups is 1. The van der Waals surface area contributed by atoms with Gasteiger partial charge in [-0.3, -0.25) is 10.1 Å². The smallest absolute Gasteiger partial charge is 0.425 e. The summed E-state index contributed by atoms with van der Waals surface area (Å²) in [6, 6.07) is 9.47. The number of aliphatic hydroxyl groups is 1. The highest BCUT2D eigenvalue weighted by molar-refractivity contribution is 5.97. The summed E-state index contributed by atoms with van der Waals surface area (Å²) in [5.74, 6) is 0. The minimum atomic E-state index is -1.27. The zero-order valence-corrected chi connectivity index (χ0v) is 13.1. The summed E-state index contributed by atoms with van der Waals surface area (Å²) < 4.78 is 6.68. The molecule has 2 N–H and O–H groups in total. The van der Waals surface area contributed by atoms with Gasteiger partial charge in [0.15, 0.2) is 6.54 Å². The lowest BCUT2D eigenvalue weighted by molar-refractivity contribution is -0.640. The Morgan fingerprint density at radius 1 is 1.35 bits per heavy atom. The summed E-state index contributed by atoms with van der Waals surface area (Å²) in [5, 5.41) is 19.7. The zero-order valence-electron chi connectivity index (χ0n) is 12.3. The lowest BCUT2D eigenvalue weighted by atomic mass is 10.2. The van der Waals surface area contributed by atoms with E-state index in [1.54, 1.807) is 12.2 Å². The molecule has 0 aromatic heterocycles. The average molecular weight is 344 g/mol. The van der Waals surface area contributed by atoms with Gasteiger partial charge in [-0.1, -0.05) is 40.6 Å². The van der Waals surface area contributed by atoms with Crippen molar-refractivity contribution in [2.75, 3.05) is 26.4 Å². The SMILES string of the molecule is O=[N+]([O-])C1ON[N+](CCOCCO)=C1/C=C/c1ccccc1.[Cl-]. The number of nitrogens with one attached hydrogen (secondary N) is 1. The second-order valence-electron chi connectivity index (χ2n) is 4.50. The first-order valence-electron chi connectivity index (χ1n) is 6.83. The first kappa shape index (κ1) is 19.0. The molecule has 1 atom stereocenters. The highest BCUT2D eigenvalue weighted by Crippen LogP contribution is 2.07. The molecule has 0 aliphatic carbocycles. The fraction of sp³-hybridized carbons (Fsp3) is 0.357. The highest BCUT2D eigenvalue weighted by atomic mass is 35.5. The van der Waals surface area contributed by atoms with Crippen LogP contribution in [0.4, 0.5) is 0 Å². The lowest BCUT2D eigenvalue weighted by Gasteiger charge is -1.99. The third kappa shape index (κ3) is 5.61. The fourth-order valence-electron chi connectivity index (χ4n) is 1.93. The Kier molecular flexibility index (Phi) is 8.20. The van der Waals surface area contributed by atoms with E-state index < -0.39 is 11.2 Å². The lowest BCUT2D eigenvalue weighted by Crippen LogP contribution is -3.00.